The van der Waals surface area contributed by atoms with E-state index in [1.807, 2.05) is 0 Å². The quantitative estimate of drug-likeness (QED) is 0.596. The Morgan fingerprint density at radius 3 is 3.00 bits per heavy atom. The summed E-state index contributed by atoms with van der Waals surface area (Å²) in [4.78, 5) is 10.8. The van der Waals surface area contributed by atoms with Gasteiger partial charge in [-0.2, -0.15) is 0 Å². The van der Waals surface area contributed by atoms with Gasteiger partial charge < -0.3 is 5.32 Å². The van der Waals surface area contributed by atoms with Gasteiger partial charge in [0.1, 0.15) is 0 Å². The Morgan fingerprint density at radius 2 is 2.45 bits per heavy atom. The highest BCUT2D eigenvalue weighted by Gasteiger charge is 2.13. The van der Waals surface area contributed by atoms with Gasteiger partial charge >= 0.3 is 0 Å². The predicted molar refractivity (Wildman–Crippen MR) is 44.9 cm³/mol. The van der Waals surface area contributed by atoms with Gasteiger partial charge in [-0.25, -0.2) is 0 Å². The van der Waals surface area contributed by atoms with Crippen LogP contribution in [0.15, 0.2) is 12.7 Å². The molecule has 1 rings (SSSR count). The Bertz CT molecular complexity index is 148. The third kappa shape index (κ3) is 2.74. The van der Waals surface area contributed by atoms with Gasteiger partial charge in [0.25, 0.3) is 0 Å². The molecule has 1 saturated carbocycles. The molecular formula is C9H14NO. The van der Waals surface area contributed by atoms with Crippen molar-refractivity contribution in [2.45, 2.75) is 31.7 Å². The van der Waals surface area contributed by atoms with Crippen molar-refractivity contribution < 1.29 is 4.79 Å². The van der Waals surface area contributed by atoms with E-state index in [4.69, 9.17) is 0 Å². The second kappa shape index (κ2) is 4.16. The minimum Gasteiger partial charge on any atom is -0.350 e. The molecule has 0 saturated heterocycles. The first-order valence-electron chi connectivity index (χ1n) is 4.09. The summed E-state index contributed by atoms with van der Waals surface area (Å²) < 4.78 is 0. The van der Waals surface area contributed by atoms with E-state index < -0.39 is 0 Å². The van der Waals surface area contributed by atoms with Crippen LogP contribution < -0.4 is 5.32 Å². The summed E-state index contributed by atoms with van der Waals surface area (Å²) in [5.41, 5.74) is 0. The molecule has 2 heteroatoms. The maximum absolute atomic E-state index is 10.8. The largest absolute Gasteiger partial charge is 0.350 e. The van der Waals surface area contributed by atoms with Gasteiger partial charge in [-0.1, -0.05) is 19.4 Å². The van der Waals surface area contributed by atoms with Crippen molar-refractivity contribution in [3.8, 4) is 0 Å². The minimum atomic E-state index is -0.0619. The summed E-state index contributed by atoms with van der Waals surface area (Å²) in [6.07, 6.45) is 8.19. The zero-order valence-electron chi connectivity index (χ0n) is 6.68. The van der Waals surface area contributed by atoms with Crippen LogP contribution in [0.2, 0.25) is 0 Å². The second-order valence-electron chi connectivity index (χ2n) is 2.84. The number of hydrogen-bond donors (Lipinski definition) is 1. The van der Waals surface area contributed by atoms with Crippen molar-refractivity contribution in [3.05, 3.63) is 19.1 Å². The Kier molecular flexibility index (Phi) is 3.14. The van der Waals surface area contributed by atoms with E-state index in [-0.39, 0.29) is 11.9 Å². The molecule has 1 fully saturated rings. The van der Waals surface area contributed by atoms with Crippen molar-refractivity contribution in [3.63, 3.8) is 0 Å². The Morgan fingerprint density at radius 1 is 1.64 bits per heavy atom. The fourth-order valence-corrected chi connectivity index (χ4v) is 1.32. The molecule has 0 bridgehead atoms. The maximum atomic E-state index is 10.8. The number of nitrogens with one attached hydrogen (secondary N) is 1. The lowest BCUT2D eigenvalue weighted by molar-refractivity contribution is -0.117. The molecule has 0 spiro atoms. The smallest absolute Gasteiger partial charge is 0.243 e. The molecule has 2 nitrogen and oxygen atoms in total. The SMILES string of the molecule is C=CC(=O)NC1[CH]CCCC1. The topological polar surface area (TPSA) is 29.1 Å². The Balaban J connectivity index is 2.24. The van der Waals surface area contributed by atoms with Crippen molar-refractivity contribution in [2.24, 2.45) is 0 Å². The average molecular weight is 152 g/mol. The lowest BCUT2D eigenvalue weighted by Gasteiger charge is -2.21. The summed E-state index contributed by atoms with van der Waals surface area (Å²) in [5.74, 6) is -0.0619. The van der Waals surface area contributed by atoms with Crippen LogP contribution in [0.3, 0.4) is 0 Å². The summed E-state index contributed by atoms with van der Waals surface area (Å²) in [6.45, 7) is 3.40. The Hall–Kier alpha value is -0.790. The molecule has 0 aliphatic heterocycles. The van der Waals surface area contributed by atoms with Crippen LogP contribution in [-0.4, -0.2) is 11.9 Å². The van der Waals surface area contributed by atoms with E-state index in [0.717, 1.165) is 12.8 Å². The highest BCUT2D eigenvalue weighted by atomic mass is 16.1. The molecule has 1 atom stereocenters. The maximum Gasteiger partial charge on any atom is 0.243 e. The van der Waals surface area contributed by atoms with Crippen LogP contribution in [0.4, 0.5) is 0 Å². The van der Waals surface area contributed by atoms with Gasteiger partial charge in [0.2, 0.25) is 5.91 Å². The van der Waals surface area contributed by atoms with Crippen LogP contribution >= 0.6 is 0 Å². The number of amides is 1. The lowest BCUT2D eigenvalue weighted by atomic mass is 9.95. The van der Waals surface area contributed by atoms with E-state index in [1.165, 1.54) is 18.9 Å². The van der Waals surface area contributed by atoms with Gasteiger partial charge in [-0.05, 0) is 25.3 Å². The molecule has 1 unspecified atom stereocenters. The second-order valence-corrected chi connectivity index (χ2v) is 2.84. The summed E-state index contributed by atoms with van der Waals surface area (Å²) in [6, 6.07) is 0.286. The van der Waals surface area contributed by atoms with E-state index in [0.29, 0.717) is 0 Å². The first-order chi connectivity index (χ1) is 5.33. The minimum absolute atomic E-state index is 0.0619. The number of rotatable bonds is 2. The third-order valence-corrected chi connectivity index (χ3v) is 1.93. The van der Waals surface area contributed by atoms with Crippen LogP contribution in [0, 0.1) is 6.42 Å². The van der Waals surface area contributed by atoms with Crippen LogP contribution in [0.25, 0.3) is 0 Å². The highest BCUT2D eigenvalue weighted by Crippen LogP contribution is 2.16. The number of carbonyl (C=O) groups excluding carboxylic acids is 1. The predicted octanol–water partition coefficient (Wildman–Crippen LogP) is 1.44. The van der Waals surface area contributed by atoms with Crippen molar-refractivity contribution >= 4 is 5.91 Å². The summed E-state index contributed by atoms with van der Waals surface area (Å²) >= 11 is 0. The monoisotopic (exact) mass is 152 g/mol. The van der Waals surface area contributed by atoms with Gasteiger partial charge in [0, 0.05) is 6.04 Å². The van der Waals surface area contributed by atoms with Crippen LogP contribution in [0.5, 0.6) is 0 Å². The fourth-order valence-electron chi connectivity index (χ4n) is 1.32. The first kappa shape index (κ1) is 8.31. The summed E-state index contributed by atoms with van der Waals surface area (Å²) in [5, 5.41) is 2.86. The molecule has 11 heavy (non-hydrogen) atoms. The van der Waals surface area contributed by atoms with Gasteiger partial charge in [0.15, 0.2) is 0 Å². The number of hydrogen-bond acceptors (Lipinski definition) is 1. The average Bonchev–Trinajstić information content (AvgIpc) is 2.06. The molecule has 1 aliphatic carbocycles. The van der Waals surface area contributed by atoms with E-state index >= 15 is 0 Å². The third-order valence-electron chi connectivity index (χ3n) is 1.93. The van der Waals surface area contributed by atoms with Gasteiger partial charge in [-0.15, -0.1) is 0 Å². The molecule has 1 N–H and O–H groups in total. The van der Waals surface area contributed by atoms with E-state index in [9.17, 15) is 4.79 Å². The van der Waals surface area contributed by atoms with Gasteiger partial charge in [-0.3, -0.25) is 4.79 Å². The molecule has 0 aromatic heterocycles. The molecule has 0 heterocycles. The molecule has 0 aromatic rings. The Labute approximate surface area is 67.7 Å². The van der Waals surface area contributed by atoms with E-state index in [2.05, 4.69) is 18.3 Å². The van der Waals surface area contributed by atoms with Crippen molar-refractivity contribution in [1.82, 2.24) is 5.32 Å². The zero-order valence-corrected chi connectivity index (χ0v) is 6.68. The van der Waals surface area contributed by atoms with E-state index in [1.54, 1.807) is 0 Å². The van der Waals surface area contributed by atoms with Crippen LogP contribution in [0.1, 0.15) is 25.7 Å². The fraction of sp³-hybridized carbons (Fsp3) is 0.556. The van der Waals surface area contributed by atoms with Crippen molar-refractivity contribution in [2.75, 3.05) is 0 Å². The summed E-state index contributed by atoms with van der Waals surface area (Å²) in [7, 11) is 0. The number of carbonyl (C=O) groups is 1. The molecule has 1 aliphatic rings. The molecule has 1 amide bonds. The normalized spacial score (nSPS) is 19.3. The molecule has 0 aromatic carbocycles. The standard InChI is InChI=1S/C9H14NO/c1-2-9(11)10-8-6-4-3-5-7-8/h2,6,8H,1,3-5,7H2,(H,10,11). The van der Waals surface area contributed by atoms with Crippen molar-refractivity contribution in [1.29, 1.82) is 0 Å². The zero-order chi connectivity index (χ0) is 8.10. The molecular weight excluding hydrogens is 138 g/mol. The lowest BCUT2D eigenvalue weighted by Crippen LogP contribution is -2.35. The highest BCUT2D eigenvalue weighted by molar-refractivity contribution is 5.87. The molecule has 61 valence electrons. The van der Waals surface area contributed by atoms with Crippen LogP contribution in [-0.2, 0) is 4.79 Å². The van der Waals surface area contributed by atoms with Gasteiger partial charge in [0.05, 0.1) is 0 Å². The first-order valence-corrected chi connectivity index (χ1v) is 4.09. The molecule has 1 radical (unpaired) electrons.